The summed E-state index contributed by atoms with van der Waals surface area (Å²) in [7, 11) is 0. The van der Waals surface area contributed by atoms with Gasteiger partial charge in [-0.25, -0.2) is 0 Å². The van der Waals surface area contributed by atoms with Crippen LogP contribution in [0.2, 0.25) is 0 Å². The second-order valence-corrected chi connectivity index (χ2v) is 6.94. The summed E-state index contributed by atoms with van der Waals surface area (Å²) >= 11 is 0. The molecule has 0 radical (unpaired) electrons. The number of aromatic nitrogens is 2. The molecule has 3 aromatic rings. The number of nitrogens with zero attached hydrogens (tertiary/aromatic N) is 2. The summed E-state index contributed by atoms with van der Waals surface area (Å²) in [6.07, 6.45) is 0. The number of rotatable bonds is 8. The van der Waals surface area contributed by atoms with E-state index in [1.54, 1.807) is 24.3 Å². The number of ether oxygens (including phenoxy) is 1. The zero-order valence-electron chi connectivity index (χ0n) is 16.9. The van der Waals surface area contributed by atoms with Crippen LogP contribution in [0.25, 0.3) is 0 Å². The number of aryl methyl sites for hydroxylation is 1. The Hall–Kier alpha value is -3.41. The third-order valence-corrected chi connectivity index (χ3v) is 4.80. The topological polar surface area (TPSA) is 73.2 Å². The maximum Gasteiger partial charge on any atom is 0.258 e. The van der Waals surface area contributed by atoms with Gasteiger partial charge in [0.25, 0.3) is 5.91 Å². The number of amides is 1. The fourth-order valence-electron chi connectivity index (χ4n) is 3.07. The zero-order chi connectivity index (χ0) is 20.8. The van der Waals surface area contributed by atoms with Crippen molar-refractivity contribution in [2.45, 2.75) is 33.9 Å². The van der Waals surface area contributed by atoms with Crippen molar-refractivity contribution in [2.24, 2.45) is 0 Å². The van der Waals surface area contributed by atoms with Gasteiger partial charge < -0.3 is 10.1 Å². The second kappa shape index (κ2) is 9.19. The van der Waals surface area contributed by atoms with E-state index in [9.17, 15) is 9.59 Å². The van der Waals surface area contributed by atoms with Crippen LogP contribution in [0.4, 0.5) is 0 Å². The standard InChI is InChI=1S/C23H25N3O3/c1-16-22(17(2)26(25-16)14-19-7-5-4-6-8-19)13-24-23(28)15-29-21-11-9-20(10-12-21)18(3)27/h4-12H,13-15H2,1-3H3,(H,24,28). The molecule has 0 unspecified atom stereocenters. The molecule has 29 heavy (non-hydrogen) atoms. The molecule has 150 valence electrons. The molecule has 0 atom stereocenters. The first-order valence-corrected chi connectivity index (χ1v) is 9.51. The molecule has 0 spiro atoms. The van der Waals surface area contributed by atoms with Crippen LogP contribution in [-0.2, 0) is 17.9 Å². The average Bonchev–Trinajstić information content (AvgIpc) is 2.98. The normalized spacial score (nSPS) is 10.6. The van der Waals surface area contributed by atoms with Crippen molar-refractivity contribution in [3.8, 4) is 5.75 Å². The maximum absolute atomic E-state index is 12.2. The van der Waals surface area contributed by atoms with Gasteiger partial charge in [-0.2, -0.15) is 5.10 Å². The van der Waals surface area contributed by atoms with Crippen LogP contribution in [-0.4, -0.2) is 28.1 Å². The molecule has 0 saturated carbocycles. The Morgan fingerprint density at radius 1 is 1.03 bits per heavy atom. The molecule has 0 aliphatic heterocycles. The highest BCUT2D eigenvalue weighted by Gasteiger charge is 2.13. The van der Waals surface area contributed by atoms with Gasteiger partial charge in [-0.1, -0.05) is 30.3 Å². The van der Waals surface area contributed by atoms with Crippen molar-refractivity contribution in [2.75, 3.05) is 6.61 Å². The molecule has 0 bridgehead atoms. The lowest BCUT2D eigenvalue weighted by Crippen LogP contribution is -2.28. The van der Waals surface area contributed by atoms with E-state index in [1.165, 1.54) is 12.5 Å². The molecule has 1 amide bonds. The van der Waals surface area contributed by atoms with E-state index in [0.717, 1.165) is 17.0 Å². The van der Waals surface area contributed by atoms with Crippen LogP contribution in [0.1, 0.15) is 39.8 Å². The van der Waals surface area contributed by atoms with Crippen LogP contribution in [0, 0.1) is 13.8 Å². The van der Waals surface area contributed by atoms with E-state index in [2.05, 4.69) is 22.5 Å². The van der Waals surface area contributed by atoms with Crippen molar-refractivity contribution in [3.63, 3.8) is 0 Å². The average molecular weight is 391 g/mol. The molecule has 6 heteroatoms. The van der Waals surface area contributed by atoms with Crippen LogP contribution in [0.15, 0.2) is 54.6 Å². The van der Waals surface area contributed by atoms with Gasteiger partial charge in [0.2, 0.25) is 0 Å². The number of ketones is 1. The second-order valence-electron chi connectivity index (χ2n) is 6.94. The van der Waals surface area contributed by atoms with Crippen molar-refractivity contribution < 1.29 is 14.3 Å². The molecule has 2 aromatic carbocycles. The van der Waals surface area contributed by atoms with Crippen LogP contribution in [0.5, 0.6) is 5.75 Å². The van der Waals surface area contributed by atoms with E-state index >= 15 is 0 Å². The lowest BCUT2D eigenvalue weighted by molar-refractivity contribution is -0.123. The smallest absolute Gasteiger partial charge is 0.258 e. The van der Waals surface area contributed by atoms with E-state index in [1.807, 2.05) is 36.7 Å². The summed E-state index contributed by atoms with van der Waals surface area (Å²) in [6, 6.07) is 16.9. The van der Waals surface area contributed by atoms with Gasteiger partial charge >= 0.3 is 0 Å². The van der Waals surface area contributed by atoms with E-state index < -0.39 is 0 Å². The van der Waals surface area contributed by atoms with Gasteiger partial charge in [0.15, 0.2) is 12.4 Å². The molecule has 3 rings (SSSR count). The van der Waals surface area contributed by atoms with E-state index in [0.29, 0.717) is 24.4 Å². The Morgan fingerprint density at radius 2 is 1.72 bits per heavy atom. The molecule has 0 aliphatic rings. The quantitative estimate of drug-likeness (QED) is 0.597. The Balaban J connectivity index is 1.54. The van der Waals surface area contributed by atoms with Gasteiger partial charge in [0, 0.05) is 23.4 Å². The Morgan fingerprint density at radius 3 is 2.38 bits per heavy atom. The van der Waals surface area contributed by atoms with Gasteiger partial charge in [-0.15, -0.1) is 0 Å². The first-order valence-electron chi connectivity index (χ1n) is 9.51. The fourth-order valence-corrected chi connectivity index (χ4v) is 3.07. The summed E-state index contributed by atoms with van der Waals surface area (Å²) in [5.41, 5.74) is 4.74. The fraction of sp³-hybridized carbons (Fsp3) is 0.261. The zero-order valence-corrected chi connectivity index (χ0v) is 16.9. The molecule has 0 saturated heterocycles. The highest BCUT2D eigenvalue weighted by molar-refractivity contribution is 5.94. The minimum Gasteiger partial charge on any atom is -0.484 e. The lowest BCUT2D eigenvalue weighted by atomic mass is 10.1. The van der Waals surface area contributed by atoms with Crippen molar-refractivity contribution in [3.05, 3.63) is 82.7 Å². The molecule has 1 aromatic heterocycles. The van der Waals surface area contributed by atoms with Crippen LogP contribution in [0.3, 0.4) is 0 Å². The Bertz CT molecular complexity index is 992. The monoisotopic (exact) mass is 391 g/mol. The van der Waals surface area contributed by atoms with Gasteiger partial charge in [0.05, 0.1) is 12.2 Å². The molecule has 1 N–H and O–H groups in total. The van der Waals surface area contributed by atoms with Crippen molar-refractivity contribution in [1.29, 1.82) is 0 Å². The molecule has 6 nitrogen and oxygen atoms in total. The molecular formula is C23H25N3O3. The first-order chi connectivity index (χ1) is 13.9. The SMILES string of the molecule is CC(=O)c1ccc(OCC(=O)NCc2c(C)nn(Cc3ccccc3)c2C)cc1. The predicted octanol–water partition coefficient (Wildman–Crippen LogP) is 3.45. The predicted molar refractivity (Wildman–Crippen MR) is 111 cm³/mol. The number of carbonyl (C=O) groups is 2. The largest absolute Gasteiger partial charge is 0.484 e. The molecular weight excluding hydrogens is 366 g/mol. The third kappa shape index (κ3) is 5.31. The van der Waals surface area contributed by atoms with Crippen LogP contribution >= 0.6 is 0 Å². The highest BCUT2D eigenvalue weighted by Crippen LogP contribution is 2.15. The summed E-state index contributed by atoms with van der Waals surface area (Å²) in [6.45, 7) is 6.48. The first kappa shape index (κ1) is 20.3. The van der Waals surface area contributed by atoms with Gasteiger partial charge in [-0.05, 0) is 50.6 Å². The number of benzene rings is 2. The van der Waals surface area contributed by atoms with Crippen LogP contribution < -0.4 is 10.1 Å². The minimum absolute atomic E-state index is 0.00663. The molecule has 0 fully saturated rings. The highest BCUT2D eigenvalue weighted by atomic mass is 16.5. The minimum atomic E-state index is -0.213. The Labute approximate surface area is 170 Å². The summed E-state index contributed by atoms with van der Waals surface area (Å²) < 4.78 is 7.45. The van der Waals surface area contributed by atoms with E-state index in [4.69, 9.17) is 4.74 Å². The number of hydrogen-bond acceptors (Lipinski definition) is 4. The van der Waals surface area contributed by atoms with E-state index in [-0.39, 0.29) is 18.3 Å². The maximum atomic E-state index is 12.2. The third-order valence-electron chi connectivity index (χ3n) is 4.80. The lowest BCUT2D eigenvalue weighted by Gasteiger charge is -2.09. The van der Waals surface area contributed by atoms with Crippen molar-refractivity contribution >= 4 is 11.7 Å². The van der Waals surface area contributed by atoms with Crippen molar-refractivity contribution in [1.82, 2.24) is 15.1 Å². The van der Waals surface area contributed by atoms with Gasteiger partial charge in [-0.3, -0.25) is 14.3 Å². The number of nitrogens with one attached hydrogen (secondary N) is 1. The summed E-state index contributed by atoms with van der Waals surface area (Å²) in [5, 5.41) is 7.49. The molecule has 0 aliphatic carbocycles. The summed E-state index contributed by atoms with van der Waals surface area (Å²) in [4.78, 5) is 23.5. The molecule has 1 heterocycles. The number of carbonyl (C=O) groups excluding carboxylic acids is 2. The Kier molecular flexibility index (Phi) is 6.44. The van der Waals surface area contributed by atoms with Gasteiger partial charge in [0.1, 0.15) is 5.75 Å². The number of Topliss-reactive ketones (excluding diaryl/α,β-unsaturated/α-hetero) is 1. The summed E-state index contributed by atoms with van der Waals surface area (Å²) in [5.74, 6) is 0.330. The number of hydrogen-bond donors (Lipinski definition) is 1.